The van der Waals surface area contributed by atoms with E-state index in [1.165, 1.54) is 38.8 Å². The summed E-state index contributed by atoms with van der Waals surface area (Å²) in [7, 11) is 10.6. The van der Waals surface area contributed by atoms with E-state index in [-0.39, 0.29) is 0 Å². The fourth-order valence-corrected chi connectivity index (χ4v) is 9.36. The average molecular weight is 741 g/mol. The number of aromatic nitrogens is 4. The quantitative estimate of drug-likeness (QED) is 0.130. The van der Waals surface area contributed by atoms with Crippen molar-refractivity contribution in [2.45, 2.75) is 5.41 Å². The molecule has 1 aliphatic carbocycles. The lowest BCUT2D eigenvalue weighted by Gasteiger charge is -2.44. The van der Waals surface area contributed by atoms with Gasteiger partial charge in [0, 0.05) is 62.6 Å². The number of para-hydroxylation sites is 2. The van der Waals surface area contributed by atoms with Crippen LogP contribution in [0, 0.1) is 6.33 Å². The zero-order valence-corrected chi connectivity index (χ0v) is 32.5. The van der Waals surface area contributed by atoms with Gasteiger partial charge in [0.1, 0.15) is 17.3 Å². The van der Waals surface area contributed by atoms with Gasteiger partial charge < -0.3 is 23.7 Å². The van der Waals surface area contributed by atoms with Gasteiger partial charge in [0.25, 0.3) is 0 Å². The zero-order chi connectivity index (χ0) is 38.6. The maximum Gasteiger partial charge on any atom is 0.244 e. The fourth-order valence-electron chi connectivity index (χ4n) is 9.36. The van der Waals surface area contributed by atoms with Crippen LogP contribution in [-0.4, -0.2) is 42.3 Å². The Morgan fingerprint density at radius 2 is 1.30 bits per heavy atom. The van der Waals surface area contributed by atoms with Crippen LogP contribution in [0.3, 0.4) is 0 Å². The van der Waals surface area contributed by atoms with E-state index in [2.05, 4.69) is 192 Å². The minimum absolute atomic E-state index is 0.669. The van der Waals surface area contributed by atoms with E-state index in [9.17, 15) is 0 Å². The number of aryl methyl sites for hydroxylation is 1. The molecule has 3 aromatic heterocycles. The topological polar surface area (TPSA) is 42.3 Å². The number of imidazole rings is 1. The van der Waals surface area contributed by atoms with Gasteiger partial charge in [-0.15, -0.1) is 0 Å². The molecule has 0 radical (unpaired) electrons. The molecule has 7 nitrogen and oxygen atoms in total. The first kappa shape index (κ1) is 33.2. The van der Waals surface area contributed by atoms with E-state index >= 15 is 0 Å². The Bertz CT molecular complexity index is 3070. The third-order valence-electron chi connectivity index (χ3n) is 12.0. The minimum atomic E-state index is -0.669. The summed E-state index contributed by atoms with van der Waals surface area (Å²) in [6.07, 6.45) is 10.1. The Morgan fingerprint density at radius 1 is 0.614 bits per heavy atom. The number of rotatable bonds is 5. The molecule has 11 rings (SSSR count). The summed E-state index contributed by atoms with van der Waals surface area (Å²) >= 11 is 0. The zero-order valence-electron chi connectivity index (χ0n) is 32.5. The molecule has 0 N–H and O–H groups in total. The van der Waals surface area contributed by atoms with Gasteiger partial charge in [0.15, 0.2) is 0 Å². The van der Waals surface area contributed by atoms with Crippen LogP contribution in [0.2, 0.25) is 0 Å². The molecule has 0 saturated heterocycles. The van der Waals surface area contributed by atoms with E-state index in [0.29, 0.717) is 0 Å². The molecule has 9 aromatic rings. The van der Waals surface area contributed by atoms with Gasteiger partial charge in [-0.05, 0) is 100 Å². The molecule has 6 aromatic carbocycles. The lowest BCUT2D eigenvalue weighted by atomic mass is 9.61. The standard InChI is InChI=1S/C50H40N6O/c1-52(2)34-20-18-32-16-17-33-19-21-35(53(3)4)28-43(33)50(42(32)27-34)40-25-23-37(30-47(40)55-31-54(5)45-14-10-12-41(50)49(45)55)57-36-22-24-39-38-11-6-7-13-44(38)56(46(39)29-36)48-15-8-9-26-51-48/h6-30H,1-5H3. The molecule has 0 atom stereocenters. The molecular formula is C50H40N6O. The summed E-state index contributed by atoms with van der Waals surface area (Å²) in [6, 6.07) is 48.0. The Morgan fingerprint density at radius 3 is 2.02 bits per heavy atom. The van der Waals surface area contributed by atoms with Crippen LogP contribution in [0.4, 0.5) is 11.4 Å². The number of benzene rings is 6. The van der Waals surface area contributed by atoms with Crippen molar-refractivity contribution < 1.29 is 9.30 Å². The van der Waals surface area contributed by atoms with Crippen molar-refractivity contribution in [1.29, 1.82) is 0 Å². The van der Waals surface area contributed by atoms with Crippen molar-refractivity contribution >= 4 is 56.4 Å². The van der Waals surface area contributed by atoms with Crippen molar-refractivity contribution in [2.24, 2.45) is 7.05 Å². The molecule has 7 heteroatoms. The van der Waals surface area contributed by atoms with Gasteiger partial charge >= 0.3 is 0 Å². The SMILES string of the molecule is CN(C)c1ccc2c(c1)C1(c3cc(N(C)C)ccc3C=C2)c2ccc(Oc3ccc4c5ccccc5n(-c5ccccn5)c4c3)cc2-n2[c-][n+](C)c3cccc1c32. The van der Waals surface area contributed by atoms with Crippen LogP contribution in [0.15, 0.2) is 140 Å². The highest BCUT2D eigenvalue weighted by Crippen LogP contribution is 2.56. The van der Waals surface area contributed by atoms with Crippen LogP contribution in [0.25, 0.3) is 56.5 Å². The summed E-state index contributed by atoms with van der Waals surface area (Å²) in [4.78, 5) is 9.13. The summed E-state index contributed by atoms with van der Waals surface area (Å²) in [6.45, 7) is 0. The summed E-state index contributed by atoms with van der Waals surface area (Å²) in [5, 5.41) is 2.33. The molecule has 0 bridgehead atoms. The number of anilines is 2. The highest BCUT2D eigenvalue weighted by molar-refractivity contribution is 6.09. The summed E-state index contributed by atoms with van der Waals surface area (Å²) < 4.78 is 13.4. The molecular weight excluding hydrogens is 701 g/mol. The first-order valence-corrected chi connectivity index (χ1v) is 19.3. The molecule has 4 heterocycles. The predicted octanol–water partition coefficient (Wildman–Crippen LogP) is 9.85. The third kappa shape index (κ3) is 4.72. The van der Waals surface area contributed by atoms with Gasteiger partial charge in [-0.3, -0.25) is 4.57 Å². The normalized spacial score (nSPS) is 13.4. The number of fused-ring (bicyclic) bond motifs is 11. The lowest BCUT2D eigenvalue weighted by Crippen LogP contribution is -2.36. The Hall–Kier alpha value is -7.12. The smallest absolute Gasteiger partial charge is 0.244 e. The van der Waals surface area contributed by atoms with Gasteiger partial charge in [0.05, 0.1) is 40.2 Å². The summed E-state index contributed by atoms with van der Waals surface area (Å²) in [5.41, 5.74) is 14.3. The van der Waals surface area contributed by atoms with Gasteiger partial charge in [0.2, 0.25) is 6.33 Å². The van der Waals surface area contributed by atoms with Gasteiger partial charge in [-0.2, -0.15) is 0 Å². The largest absolute Gasteiger partial charge is 0.458 e. The monoisotopic (exact) mass is 740 g/mol. The Labute approximate surface area is 331 Å². The van der Waals surface area contributed by atoms with E-state index < -0.39 is 5.41 Å². The Balaban J connectivity index is 1.17. The van der Waals surface area contributed by atoms with Crippen molar-refractivity contribution in [3.63, 3.8) is 0 Å². The lowest BCUT2D eigenvalue weighted by molar-refractivity contribution is -0.649. The van der Waals surface area contributed by atoms with Crippen LogP contribution >= 0.6 is 0 Å². The molecule has 57 heavy (non-hydrogen) atoms. The third-order valence-corrected chi connectivity index (χ3v) is 12.0. The maximum absolute atomic E-state index is 6.88. The van der Waals surface area contributed by atoms with E-state index in [1.807, 2.05) is 24.4 Å². The second kappa shape index (κ2) is 12.2. The van der Waals surface area contributed by atoms with Crippen molar-refractivity contribution in [3.8, 4) is 23.0 Å². The molecule has 0 saturated carbocycles. The van der Waals surface area contributed by atoms with Crippen LogP contribution in [-0.2, 0) is 12.5 Å². The number of ether oxygens (including phenoxy) is 1. The fraction of sp³-hybridized carbons (Fsp3) is 0.120. The second-order valence-corrected chi connectivity index (χ2v) is 15.6. The maximum atomic E-state index is 6.88. The molecule has 2 aliphatic rings. The van der Waals surface area contributed by atoms with Crippen molar-refractivity contribution in [3.05, 3.63) is 179 Å². The number of hydrogen-bond donors (Lipinski definition) is 0. The average Bonchev–Trinajstić information content (AvgIpc) is 3.70. The van der Waals surface area contributed by atoms with E-state index in [4.69, 9.17) is 9.72 Å². The van der Waals surface area contributed by atoms with Crippen LogP contribution < -0.4 is 19.1 Å². The van der Waals surface area contributed by atoms with Gasteiger partial charge in [-0.25, -0.2) is 4.98 Å². The number of hydrogen-bond acceptors (Lipinski definition) is 4. The molecule has 276 valence electrons. The van der Waals surface area contributed by atoms with E-state index in [0.717, 1.165) is 61.8 Å². The van der Waals surface area contributed by atoms with Crippen LogP contribution in [0.5, 0.6) is 11.5 Å². The predicted molar refractivity (Wildman–Crippen MR) is 231 cm³/mol. The molecule has 0 unspecified atom stereocenters. The molecule has 1 spiro atoms. The summed E-state index contributed by atoms with van der Waals surface area (Å²) in [5.74, 6) is 2.37. The molecule has 0 amide bonds. The Kier molecular flexibility index (Phi) is 7.11. The first-order chi connectivity index (χ1) is 27.8. The highest BCUT2D eigenvalue weighted by Gasteiger charge is 2.47. The highest BCUT2D eigenvalue weighted by atomic mass is 16.5. The van der Waals surface area contributed by atoms with Crippen molar-refractivity contribution in [1.82, 2.24) is 14.1 Å². The van der Waals surface area contributed by atoms with Crippen LogP contribution in [0.1, 0.15) is 33.4 Å². The second-order valence-electron chi connectivity index (χ2n) is 15.6. The number of pyridine rings is 1. The number of nitrogens with zero attached hydrogens (tertiary/aromatic N) is 6. The minimum Gasteiger partial charge on any atom is -0.458 e. The van der Waals surface area contributed by atoms with E-state index in [1.54, 1.807) is 0 Å². The first-order valence-electron chi connectivity index (χ1n) is 19.3. The van der Waals surface area contributed by atoms with Crippen molar-refractivity contribution in [2.75, 3.05) is 38.0 Å². The van der Waals surface area contributed by atoms with Gasteiger partial charge in [-0.1, -0.05) is 72.8 Å². The molecule has 1 aliphatic heterocycles. The molecule has 0 fully saturated rings.